The van der Waals surface area contributed by atoms with Gasteiger partial charge in [0, 0.05) is 18.8 Å². The van der Waals surface area contributed by atoms with E-state index in [1.165, 1.54) is 22.5 Å². The fourth-order valence-corrected chi connectivity index (χ4v) is 3.59. The molecule has 0 atom stereocenters. The molecule has 0 amide bonds. The molecule has 0 aromatic heterocycles. The first kappa shape index (κ1) is 12.9. The maximum atomic E-state index is 12.3. The van der Waals surface area contributed by atoms with Gasteiger partial charge in [0.05, 0.1) is 10.5 Å². The van der Waals surface area contributed by atoms with Gasteiger partial charge in [-0.25, -0.2) is 8.42 Å². The van der Waals surface area contributed by atoms with E-state index >= 15 is 0 Å². The number of sulfonamides is 1. The molecule has 0 aliphatic carbocycles. The molecule has 0 bridgehead atoms. The van der Waals surface area contributed by atoms with Gasteiger partial charge in [0.2, 0.25) is 10.0 Å². The van der Waals surface area contributed by atoms with Crippen LogP contribution >= 0.6 is 0 Å². The third kappa shape index (κ3) is 2.33. The smallest absolute Gasteiger partial charge is 0.243 e. The molecule has 1 aromatic rings. The maximum absolute atomic E-state index is 12.3. The van der Waals surface area contributed by atoms with Crippen LogP contribution in [-0.4, -0.2) is 25.8 Å². The van der Waals surface area contributed by atoms with Crippen molar-refractivity contribution in [1.82, 2.24) is 4.31 Å². The van der Waals surface area contributed by atoms with Crippen LogP contribution in [0, 0.1) is 11.3 Å². The molecule has 5 nitrogen and oxygen atoms in total. The molecule has 2 rings (SSSR count). The number of nitrogens with zero attached hydrogens (tertiary/aromatic N) is 2. The van der Waals surface area contributed by atoms with Crippen LogP contribution in [0.1, 0.15) is 24.8 Å². The fraction of sp³-hybridized carbons (Fsp3) is 0.417. The van der Waals surface area contributed by atoms with E-state index < -0.39 is 10.0 Å². The Morgan fingerprint density at radius 1 is 1.22 bits per heavy atom. The summed E-state index contributed by atoms with van der Waals surface area (Å²) in [5.74, 6) is 0. The summed E-state index contributed by atoms with van der Waals surface area (Å²) in [5, 5.41) is 8.88. The number of nitrogens with two attached hydrogens (primary N) is 1. The first-order chi connectivity index (χ1) is 8.55. The minimum atomic E-state index is -3.48. The summed E-state index contributed by atoms with van der Waals surface area (Å²) in [7, 11) is -3.48. The third-order valence-electron chi connectivity index (χ3n) is 3.10. The van der Waals surface area contributed by atoms with Crippen LogP contribution in [0.5, 0.6) is 0 Å². The topological polar surface area (TPSA) is 87.2 Å². The molecule has 1 aromatic carbocycles. The number of anilines is 1. The largest absolute Gasteiger partial charge is 0.398 e. The van der Waals surface area contributed by atoms with Crippen LogP contribution < -0.4 is 5.73 Å². The van der Waals surface area contributed by atoms with Gasteiger partial charge in [-0.3, -0.25) is 0 Å². The second kappa shape index (κ2) is 4.96. The zero-order valence-electron chi connectivity index (χ0n) is 9.96. The summed E-state index contributed by atoms with van der Waals surface area (Å²) in [6.45, 7) is 1.10. The van der Waals surface area contributed by atoms with Gasteiger partial charge in [-0.15, -0.1) is 0 Å². The third-order valence-corrected chi connectivity index (χ3v) is 4.99. The highest BCUT2D eigenvalue weighted by molar-refractivity contribution is 7.89. The molecule has 2 N–H and O–H groups in total. The van der Waals surface area contributed by atoms with Gasteiger partial charge in [-0.2, -0.15) is 9.57 Å². The molecular formula is C12H15N3O2S. The lowest BCUT2D eigenvalue weighted by Crippen LogP contribution is -2.35. The van der Waals surface area contributed by atoms with Gasteiger partial charge in [-0.05, 0) is 31.0 Å². The van der Waals surface area contributed by atoms with Gasteiger partial charge < -0.3 is 5.73 Å². The predicted molar refractivity (Wildman–Crippen MR) is 68.2 cm³/mol. The van der Waals surface area contributed by atoms with E-state index in [0.717, 1.165) is 19.3 Å². The Morgan fingerprint density at radius 2 is 1.89 bits per heavy atom. The van der Waals surface area contributed by atoms with E-state index in [2.05, 4.69) is 0 Å². The molecule has 1 aliphatic rings. The normalized spacial score (nSPS) is 17.3. The van der Waals surface area contributed by atoms with E-state index in [1.807, 2.05) is 6.07 Å². The quantitative estimate of drug-likeness (QED) is 0.817. The number of hydrogen-bond donors (Lipinski definition) is 1. The SMILES string of the molecule is N#Cc1cc(S(=O)(=O)N2CCCCC2)ccc1N. The second-order valence-corrected chi connectivity index (χ2v) is 6.26. The molecule has 0 unspecified atom stereocenters. The zero-order chi connectivity index (χ0) is 13.2. The highest BCUT2D eigenvalue weighted by Gasteiger charge is 2.26. The van der Waals surface area contributed by atoms with Crippen LogP contribution in [0.25, 0.3) is 0 Å². The number of benzene rings is 1. The van der Waals surface area contributed by atoms with Crippen molar-refractivity contribution in [3.05, 3.63) is 23.8 Å². The van der Waals surface area contributed by atoms with Crippen molar-refractivity contribution >= 4 is 15.7 Å². The molecule has 1 aliphatic heterocycles. The Kier molecular flexibility index (Phi) is 3.55. The first-order valence-corrected chi connectivity index (χ1v) is 7.29. The zero-order valence-corrected chi connectivity index (χ0v) is 10.8. The Morgan fingerprint density at radius 3 is 2.50 bits per heavy atom. The van der Waals surface area contributed by atoms with Crippen molar-refractivity contribution in [3.8, 4) is 6.07 Å². The molecule has 6 heteroatoms. The van der Waals surface area contributed by atoms with Gasteiger partial charge in [0.15, 0.2) is 0 Å². The fourth-order valence-electron chi connectivity index (χ4n) is 2.05. The van der Waals surface area contributed by atoms with Gasteiger partial charge in [-0.1, -0.05) is 6.42 Å². The number of hydrogen-bond acceptors (Lipinski definition) is 4. The van der Waals surface area contributed by atoms with E-state index in [0.29, 0.717) is 18.8 Å². The Hall–Kier alpha value is -1.58. The summed E-state index contributed by atoms with van der Waals surface area (Å²) in [5.41, 5.74) is 6.09. The van der Waals surface area contributed by atoms with Crippen LogP contribution in [0.15, 0.2) is 23.1 Å². The number of rotatable bonds is 2. The van der Waals surface area contributed by atoms with E-state index in [4.69, 9.17) is 11.0 Å². The average molecular weight is 265 g/mol. The molecular weight excluding hydrogens is 250 g/mol. The molecule has 18 heavy (non-hydrogen) atoms. The summed E-state index contributed by atoms with van der Waals surface area (Å²) in [6, 6.07) is 6.18. The lowest BCUT2D eigenvalue weighted by atomic mass is 10.2. The standard InChI is InChI=1S/C12H15N3O2S/c13-9-10-8-11(4-5-12(10)14)18(16,17)15-6-2-1-3-7-15/h4-5,8H,1-3,6-7,14H2. The lowest BCUT2D eigenvalue weighted by Gasteiger charge is -2.25. The van der Waals surface area contributed by atoms with E-state index in [1.54, 1.807) is 0 Å². The monoisotopic (exact) mass is 265 g/mol. The van der Waals surface area contributed by atoms with E-state index in [-0.39, 0.29) is 10.5 Å². The first-order valence-electron chi connectivity index (χ1n) is 5.85. The maximum Gasteiger partial charge on any atom is 0.243 e. The second-order valence-electron chi connectivity index (χ2n) is 4.33. The molecule has 0 spiro atoms. The van der Waals surface area contributed by atoms with Crippen molar-refractivity contribution in [2.45, 2.75) is 24.2 Å². The van der Waals surface area contributed by atoms with Crippen LogP contribution in [0.2, 0.25) is 0 Å². The molecule has 0 saturated carbocycles. The van der Waals surface area contributed by atoms with Crippen LogP contribution in [0.4, 0.5) is 5.69 Å². The van der Waals surface area contributed by atoms with Gasteiger partial charge in [0.25, 0.3) is 0 Å². The predicted octanol–water partition coefficient (Wildman–Crippen LogP) is 1.32. The van der Waals surface area contributed by atoms with Gasteiger partial charge in [0.1, 0.15) is 6.07 Å². The van der Waals surface area contributed by atoms with Crippen LogP contribution in [-0.2, 0) is 10.0 Å². The van der Waals surface area contributed by atoms with Crippen molar-refractivity contribution in [1.29, 1.82) is 5.26 Å². The van der Waals surface area contributed by atoms with E-state index in [9.17, 15) is 8.42 Å². The van der Waals surface area contributed by atoms with Gasteiger partial charge >= 0.3 is 0 Å². The molecule has 1 fully saturated rings. The highest BCUT2D eigenvalue weighted by Crippen LogP contribution is 2.23. The minimum absolute atomic E-state index is 0.148. The van der Waals surface area contributed by atoms with Crippen molar-refractivity contribution in [2.75, 3.05) is 18.8 Å². The number of nitrogen functional groups attached to an aromatic ring is 1. The summed E-state index contributed by atoms with van der Waals surface area (Å²) in [6.07, 6.45) is 2.84. The highest BCUT2D eigenvalue weighted by atomic mass is 32.2. The Labute approximate surface area is 107 Å². The Bertz CT molecular complexity index is 584. The average Bonchev–Trinajstić information content (AvgIpc) is 2.40. The van der Waals surface area contributed by atoms with Crippen molar-refractivity contribution in [2.24, 2.45) is 0 Å². The molecule has 1 saturated heterocycles. The molecule has 96 valence electrons. The summed E-state index contributed by atoms with van der Waals surface area (Å²) >= 11 is 0. The minimum Gasteiger partial charge on any atom is -0.398 e. The number of piperidine rings is 1. The molecule has 0 radical (unpaired) electrons. The molecule has 1 heterocycles. The van der Waals surface area contributed by atoms with Crippen molar-refractivity contribution in [3.63, 3.8) is 0 Å². The van der Waals surface area contributed by atoms with Crippen LogP contribution in [0.3, 0.4) is 0 Å². The lowest BCUT2D eigenvalue weighted by molar-refractivity contribution is 0.346. The summed E-state index contributed by atoms with van der Waals surface area (Å²) < 4.78 is 26.2. The number of nitriles is 1. The van der Waals surface area contributed by atoms with Crippen molar-refractivity contribution < 1.29 is 8.42 Å². The Balaban J connectivity index is 2.38. The summed E-state index contributed by atoms with van der Waals surface area (Å²) in [4.78, 5) is 0.148.